The van der Waals surface area contributed by atoms with Crippen LogP contribution in [0.2, 0.25) is 0 Å². The van der Waals surface area contributed by atoms with Gasteiger partial charge in [-0.15, -0.1) is 0 Å². The molecule has 0 spiro atoms. The van der Waals surface area contributed by atoms with Crippen molar-refractivity contribution in [3.8, 4) is 34.3 Å². The average molecular weight is 460 g/mol. The lowest BCUT2D eigenvalue weighted by Crippen LogP contribution is -2.30. The Morgan fingerprint density at radius 3 is 2.52 bits per heavy atom. The number of benzene rings is 3. The molecule has 0 unspecified atom stereocenters. The van der Waals surface area contributed by atoms with E-state index < -0.39 is 0 Å². The number of carbonyl (C=O) groups is 1. The molecule has 0 atom stereocenters. The minimum atomic E-state index is 0.00222. The summed E-state index contributed by atoms with van der Waals surface area (Å²) < 4.78 is 16.2. The van der Waals surface area contributed by atoms with Gasteiger partial charge >= 0.3 is 0 Å². The Balaban J connectivity index is 1.53. The number of amides is 1. The molecule has 0 radical (unpaired) electrons. The normalized spacial score (nSPS) is 12.7. The van der Waals surface area contributed by atoms with Crippen LogP contribution in [0.3, 0.4) is 0 Å². The number of methoxy groups -OCH3 is 2. The second kappa shape index (κ2) is 8.63. The van der Waals surface area contributed by atoms with Crippen LogP contribution in [-0.2, 0) is 0 Å². The van der Waals surface area contributed by atoms with Gasteiger partial charge in [0, 0.05) is 27.5 Å². The molecule has 33 heavy (non-hydrogen) atoms. The van der Waals surface area contributed by atoms with Crippen LogP contribution in [0.4, 0.5) is 5.69 Å². The van der Waals surface area contributed by atoms with Gasteiger partial charge in [0.25, 0.3) is 11.8 Å². The van der Waals surface area contributed by atoms with E-state index in [4.69, 9.17) is 14.0 Å². The quantitative estimate of drug-likeness (QED) is 0.387. The molecule has 166 valence electrons. The van der Waals surface area contributed by atoms with E-state index in [1.807, 2.05) is 55.5 Å². The molecule has 0 bridgehead atoms. The minimum absolute atomic E-state index is 0.00222. The van der Waals surface area contributed by atoms with E-state index in [2.05, 4.69) is 10.1 Å². The van der Waals surface area contributed by atoms with Crippen molar-refractivity contribution < 1.29 is 18.8 Å². The van der Waals surface area contributed by atoms with E-state index >= 15 is 0 Å². The highest BCUT2D eigenvalue weighted by molar-refractivity contribution is 7.99. The molecule has 0 aliphatic carbocycles. The van der Waals surface area contributed by atoms with E-state index in [1.54, 1.807) is 43.0 Å². The van der Waals surface area contributed by atoms with Gasteiger partial charge in [0.05, 0.1) is 25.5 Å². The van der Waals surface area contributed by atoms with Gasteiger partial charge in [-0.3, -0.25) is 4.79 Å². The number of aromatic nitrogens is 2. The largest absolute Gasteiger partial charge is 0.493 e. The fourth-order valence-corrected chi connectivity index (χ4v) is 4.92. The summed E-state index contributed by atoms with van der Waals surface area (Å²) in [6.45, 7) is 2.55. The Morgan fingerprint density at radius 1 is 0.939 bits per heavy atom. The first-order valence-electron chi connectivity index (χ1n) is 10.4. The molecule has 1 amide bonds. The number of nitrogens with zero attached hydrogens (tertiary/aromatic N) is 3. The Kier molecular flexibility index (Phi) is 5.51. The van der Waals surface area contributed by atoms with E-state index in [-0.39, 0.29) is 5.91 Å². The third-order valence-electron chi connectivity index (χ3n) is 5.46. The summed E-state index contributed by atoms with van der Waals surface area (Å²) in [5, 5.41) is 4.18. The Bertz CT molecular complexity index is 1350. The molecule has 1 aliphatic heterocycles. The average Bonchev–Trinajstić information content (AvgIpc) is 3.31. The van der Waals surface area contributed by atoms with Crippen molar-refractivity contribution in [2.45, 2.75) is 16.7 Å². The van der Waals surface area contributed by atoms with Gasteiger partial charge in [-0.25, -0.2) is 0 Å². The molecule has 4 aromatic rings. The molecule has 5 rings (SSSR count). The number of hydrogen-bond acceptors (Lipinski definition) is 7. The molecule has 0 saturated carbocycles. The number of fused-ring (bicyclic) bond motifs is 2. The number of ether oxygens (including phenoxy) is 2. The minimum Gasteiger partial charge on any atom is -0.493 e. The van der Waals surface area contributed by atoms with Crippen molar-refractivity contribution in [3.63, 3.8) is 0 Å². The lowest BCUT2D eigenvalue weighted by Gasteiger charge is -2.21. The van der Waals surface area contributed by atoms with Gasteiger partial charge in [-0.05, 0) is 55.5 Å². The van der Waals surface area contributed by atoms with Gasteiger partial charge in [-0.2, -0.15) is 4.98 Å². The highest BCUT2D eigenvalue weighted by Gasteiger charge is 2.26. The molecule has 0 saturated heterocycles. The van der Waals surface area contributed by atoms with Crippen LogP contribution in [0.15, 0.2) is 75.0 Å². The van der Waals surface area contributed by atoms with Crippen molar-refractivity contribution >= 4 is 23.4 Å². The van der Waals surface area contributed by atoms with E-state index in [9.17, 15) is 4.79 Å². The fraction of sp³-hybridized carbons (Fsp3) is 0.160. The smallest absolute Gasteiger partial charge is 0.259 e. The first-order valence-corrected chi connectivity index (χ1v) is 11.2. The van der Waals surface area contributed by atoms with E-state index in [0.717, 1.165) is 26.6 Å². The van der Waals surface area contributed by atoms with Gasteiger partial charge in [-0.1, -0.05) is 29.1 Å². The SMILES string of the molecule is CCN1C(=O)c2ccccc2Sc2cc(-c3noc(-c4ccc(OC)c(OC)c4)n3)ccc21. The van der Waals surface area contributed by atoms with Crippen LogP contribution >= 0.6 is 11.8 Å². The van der Waals surface area contributed by atoms with Crippen LogP contribution in [0, 0.1) is 0 Å². The summed E-state index contributed by atoms with van der Waals surface area (Å²) in [6, 6.07) is 19.0. The Hall–Kier alpha value is -3.78. The molecular weight excluding hydrogens is 438 g/mol. The van der Waals surface area contributed by atoms with Crippen LogP contribution in [0.25, 0.3) is 22.8 Å². The number of hydrogen-bond donors (Lipinski definition) is 0. The molecule has 7 nitrogen and oxygen atoms in total. The third-order valence-corrected chi connectivity index (χ3v) is 6.59. The molecule has 1 aromatic heterocycles. The first kappa shape index (κ1) is 21.1. The summed E-state index contributed by atoms with van der Waals surface area (Å²) in [4.78, 5) is 21.4. The topological polar surface area (TPSA) is 77.7 Å². The second-order valence-electron chi connectivity index (χ2n) is 7.32. The summed E-state index contributed by atoms with van der Waals surface area (Å²) in [5.74, 6) is 2.06. The van der Waals surface area contributed by atoms with Crippen molar-refractivity contribution in [1.82, 2.24) is 10.1 Å². The number of anilines is 1. The van der Waals surface area contributed by atoms with E-state index in [1.165, 1.54) is 0 Å². The maximum absolute atomic E-state index is 13.1. The van der Waals surface area contributed by atoms with Gasteiger partial charge in [0.15, 0.2) is 11.5 Å². The molecule has 1 aliphatic rings. The highest BCUT2D eigenvalue weighted by Crippen LogP contribution is 2.43. The van der Waals surface area contributed by atoms with Gasteiger partial charge in [0.1, 0.15) is 0 Å². The van der Waals surface area contributed by atoms with Crippen LogP contribution in [-0.4, -0.2) is 36.8 Å². The van der Waals surface area contributed by atoms with Crippen molar-refractivity contribution in [2.24, 2.45) is 0 Å². The van der Waals surface area contributed by atoms with Gasteiger partial charge < -0.3 is 18.9 Å². The van der Waals surface area contributed by atoms with Crippen molar-refractivity contribution in [1.29, 1.82) is 0 Å². The lowest BCUT2D eigenvalue weighted by molar-refractivity contribution is 0.0985. The first-order chi connectivity index (χ1) is 16.1. The highest BCUT2D eigenvalue weighted by atomic mass is 32.2. The van der Waals surface area contributed by atoms with Crippen molar-refractivity contribution in [3.05, 3.63) is 66.2 Å². The third kappa shape index (κ3) is 3.72. The second-order valence-corrected chi connectivity index (χ2v) is 8.41. The summed E-state index contributed by atoms with van der Waals surface area (Å²) >= 11 is 1.57. The molecule has 0 N–H and O–H groups in total. The zero-order valence-corrected chi connectivity index (χ0v) is 19.2. The number of carbonyl (C=O) groups excluding carboxylic acids is 1. The van der Waals surface area contributed by atoms with Crippen LogP contribution in [0.5, 0.6) is 11.5 Å². The molecule has 0 fully saturated rings. The number of rotatable bonds is 5. The summed E-state index contributed by atoms with van der Waals surface area (Å²) in [7, 11) is 3.17. The zero-order valence-electron chi connectivity index (χ0n) is 18.4. The summed E-state index contributed by atoms with van der Waals surface area (Å²) in [5.41, 5.74) is 3.11. The molecule has 2 heterocycles. The van der Waals surface area contributed by atoms with Crippen molar-refractivity contribution in [2.75, 3.05) is 25.7 Å². The van der Waals surface area contributed by atoms with E-state index in [0.29, 0.717) is 35.3 Å². The molecule has 3 aromatic carbocycles. The molecule has 8 heteroatoms. The van der Waals surface area contributed by atoms with Crippen LogP contribution < -0.4 is 14.4 Å². The predicted octanol–water partition coefficient (Wildman–Crippen LogP) is 5.55. The molecular formula is C25H21N3O4S. The maximum Gasteiger partial charge on any atom is 0.259 e. The standard InChI is InChI=1S/C25H21N3O4S/c1-4-28-18-11-9-15(14-22(18)33-21-8-6-5-7-17(21)25(28)29)23-26-24(32-27-23)16-10-12-19(30-2)20(13-16)31-3/h5-14H,4H2,1-3H3. The summed E-state index contributed by atoms with van der Waals surface area (Å²) in [6.07, 6.45) is 0. The van der Waals surface area contributed by atoms with Crippen LogP contribution in [0.1, 0.15) is 17.3 Å². The fourth-order valence-electron chi connectivity index (χ4n) is 3.80. The Labute approximate surface area is 195 Å². The predicted molar refractivity (Wildman–Crippen MR) is 126 cm³/mol. The van der Waals surface area contributed by atoms with Gasteiger partial charge in [0.2, 0.25) is 5.82 Å². The maximum atomic E-state index is 13.1. The zero-order chi connectivity index (χ0) is 22.9. The Morgan fingerprint density at radius 2 is 1.73 bits per heavy atom. The lowest BCUT2D eigenvalue weighted by atomic mass is 10.1. The monoisotopic (exact) mass is 459 g/mol.